The minimum atomic E-state index is -0.597. The van der Waals surface area contributed by atoms with Crippen molar-refractivity contribution in [2.24, 2.45) is 7.05 Å². The molecule has 2 aliphatic heterocycles. The Balaban J connectivity index is 1.36. The Bertz CT molecular complexity index is 1450. The van der Waals surface area contributed by atoms with Crippen LogP contribution >= 0.6 is 0 Å². The number of rotatable bonds is 6. The highest BCUT2D eigenvalue weighted by molar-refractivity contribution is 5.98. The predicted octanol–water partition coefficient (Wildman–Crippen LogP) is 2.97. The molecule has 184 valence electrons. The topological polar surface area (TPSA) is 119 Å². The van der Waals surface area contributed by atoms with Crippen molar-refractivity contribution in [3.05, 3.63) is 48.7 Å². The van der Waals surface area contributed by atoms with Crippen molar-refractivity contribution in [3.63, 3.8) is 0 Å². The van der Waals surface area contributed by atoms with Gasteiger partial charge < -0.3 is 29.6 Å². The first-order valence-electron chi connectivity index (χ1n) is 11.7. The number of anilines is 4. The van der Waals surface area contributed by atoms with Gasteiger partial charge in [-0.15, -0.1) is 0 Å². The lowest BCUT2D eigenvalue weighted by Gasteiger charge is -2.29. The van der Waals surface area contributed by atoms with Crippen LogP contribution in [0.5, 0.6) is 0 Å². The average molecular weight is 487 g/mol. The maximum absolute atomic E-state index is 12.7. The fraction of sp³-hybridized carbons (Fsp3) is 0.320. The fourth-order valence-electron chi connectivity index (χ4n) is 4.93. The maximum atomic E-state index is 12.7. The SMILES string of the molecule is CNc1nc(Nc2ccc(N3C[C@H]4C[C@@H]3CO4)cc2)c(C(=O)OC)nc1-c1cncc2c1ncn2C. The van der Waals surface area contributed by atoms with Gasteiger partial charge in [0.1, 0.15) is 11.2 Å². The van der Waals surface area contributed by atoms with E-state index in [1.165, 1.54) is 7.11 Å². The number of methoxy groups -OCH3 is 1. The molecular formula is C25H26N8O3. The van der Waals surface area contributed by atoms with Crippen LogP contribution in [0.15, 0.2) is 43.0 Å². The number of carbonyl (C=O) groups excluding carboxylic acids is 1. The van der Waals surface area contributed by atoms with Crippen LogP contribution in [0.2, 0.25) is 0 Å². The molecule has 11 heteroatoms. The summed E-state index contributed by atoms with van der Waals surface area (Å²) in [6.45, 7) is 1.70. The first-order chi connectivity index (χ1) is 17.6. The zero-order valence-corrected chi connectivity index (χ0v) is 20.2. The van der Waals surface area contributed by atoms with Gasteiger partial charge in [0.15, 0.2) is 17.3 Å². The Morgan fingerprint density at radius 3 is 2.69 bits per heavy atom. The van der Waals surface area contributed by atoms with E-state index in [2.05, 4.69) is 42.6 Å². The number of benzene rings is 1. The monoisotopic (exact) mass is 486 g/mol. The van der Waals surface area contributed by atoms with Gasteiger partial charge in [-0.1, -0.05) is 0 Å². The lowest BCUT2D eigenvalue weighted by Crippen LogP contribution is -2.36. The molecule has 2 bridgehead atoms. The second kappa shape index (κ2) is 8.76. The number of nitrogens with one attached hydrogen (secondary N) is 2. The van der Waals surface area contributed by atoms with Gasteiger partial charge in [0.2, 0.25) is 0 Å². The van der Waals surface area contributed by atoms with Crippen LogP contribution in [0.3, 0.4) is 0 Å². The number of hydrogen-bond donors (Lipinski definition) is 2. The van der Waals surface area contributed by atoms with E-state index in [1.807, 2.05) is 23.7 Å². The summed E-state index contributed by atoms with van der Waals surface area (Å²) in [5.41, 5.74) is 4.68. The molecule has 0 aliphatic carbocycles. The summed E-state index contributed by atoms with van der Waals surface area (Å²) in [6.07, 6.45) is 6.53. The van der Waals surface area contributed by atoms with Gasteiger partial charge in [0.05, 0.1) is 49.5 Å². The molecule has 2 saturated heterocycles. The minimum Gasteiger partial charge on any atom is -0.464 e. The van der Waals surface area contributed by atoms with Gasteiger partial charge in [-0.05, 0) is 30.7 Å². The normalized spacial score (nSPS) is 18.6. The van der Waals surface area contributed by atoms with Crippen LogP contribution < -0.4 is 15.5 Å². The van der Waals surface area contributed by atoms with Crippen LogP contribution in [-0.4, -0.2) is 69.9 Å². The van der Waals surface area contributed by atoms with E-state index in [0.29, 0.717) is 34.7 Å². The third kappa shape index (κ3) is 3.68. The zero-order chi connectivity index (χ0) is 24.8. The number of ether oxygens (including phenoxy) is 2. The fourth-order valence-corrected chi connectivity index (χ4v) is 4.93. The van der Waals surface area contributed by atoms with Gasteiger partial charge >= 0.3 is 5.97 Å². The number of aromatic nitrogens is 5. The van der Waals surface area contributed by atoms with E-state index in [-0.39, 0.29) is 11.5 Å². The smallest absolute Gasteiger partial charge is 0.360 e. The number of pyridine rings is 1. The van der Waals surface area contributed by atoms with Crippen LogP contribution in [0, 0.1) is 0 Å². The number of esters is 1. The Morgan fingerprint density at radius 2 is 2.00 bits per heavy atom. The van der Waals surface area contributed by atoms with Crippen molar-refractivity contribution >= 4 is 40.0 Å². The second-order valence-electron chi connectivity index (χ2n) is 8.94. The summed E-state index contributed by atoms with van der Waals surface area (Å²) in [6, 6.07) is 8.51. The molecule has 0 spiro atoms. The molecule has 0 radical (unpaired) electrons. The molecule has 1 aromatic carbocycles. The lowest BCUT2D eigenvalue weighted by molar-refractivity contribution is 0.0595. The summed E-state index contributed by atoms with van der Waals surface area (Å²) < 4.78 is 12.6. The highest BCUT2D eigenvalue weighted by atomic mass is 16.5. The number of nitrogens with zero attached hydrogens (tertiary/aromatic N) is 6. The van der Waals surface area contributed by atoms with E-state index < -0.39 is 5.97 Å². The van der Waals surface area contributed by atoms with Gasteiger partial charge in [0, 0.05) is 38.2 Å². The molecule has 2 fully saturated rings. The predicted molar refractivity (Wildman–Crippen MR) is 136 cm³/mol. The quantitative estimate of drug-likeness (QED) is 0.394. The molecule has 3 aromatic heterocycles. The van der Waals surface area contributed by atoms with Crippen molar-refractivity contribution in [2.45, 2.75) is 18.6 Å². The molecule has 4 aromatic rings. The molecule has 5 heterocycles. The number of morpholine rings is 1. The van der Waals surface area contributed by atoms with Crippen LogP contribution in [0.4, 0.5) is 23.0 Å². The molecule has 0 unspecified atom stereocenters. The number of carbonyl (C=O) groups is 1. The second-order valence-corrected chi connectivity index (χ2v) is 8.94. The van der Waals surface area contributed by atoms with Crippen molar-refractivity contribution in [2.75, 3.05) is 42.8 Å². The maximum Gasteiger partial charge on any atom is 0.360 e. The van der Waals surface area contributed by atoms with Crippen molar-refractivity contribution in [1.29, 1.82) is 0 Å². The van der Waals surface area contributed by atoms with E-state index in [4.69, 9.17) is 14.5 Å². The van der Waals surface area contributed by atoms with Gasteiger partial charge in [-0.3, -0.25) is 4.98 Å². The molecule has 2 aliphatic rings. The van der Waals surface area contributed by atoms with E-state index >= 15 is 0 Å². The molecule has 2 atom stereocenters. The molecule has 36 heavy (non-hydrogen) atoms. The van der Waals surface area contributed by atoms with Crippen LogP contribution in [0.25, 0.3) is 22.3 Å². The standard InChI is InChI=1S/C25H26N8O3/c1-26-23-21(18-9-27-10-19-20(18)28-13-32(19)2)30-22(25(34)35-3)24(31-23)29-14-4-6-15(7-5-14)33-11-17-8-16(33)12-36-17/h4-7,9-10,13,16-17H,8,11-12H2,1-3H3,(H2,26,29,31)/t16-,17-/m1/s1. The van der Waals surface area contributed by atoms with E-state index in [1.54, 1.807) is 25.8 Å². The van der Waals surface area contributed by atoms with Crippen molar-refractivity contribution in [3.8, 4) is 11.3 Å². The number of hydrogen-bond acceptors (Lipinski definition) is 10. The average Bonchev–Trinajstić information content (AvgIpc) is 3.65. The molecule has 6 rings (SSSR count). The van der Waals surface area contributed by atoms with Crippen molar-refractivity contribution in [1.82, 2.24) is 24.5 Å². The Labute approximate surface area is 207 Å². The minimum absolute atomic E-state index is 0.0671. The first-order valence-corrected chi connectivity index (χ1v) is 11.7. The zero-order valence-electron chi connectivity index (χ0n) is 20.2. The third-order valence-electron chi connectivity index (χ3n) is 6.77. The molecular weight excluding hydrogens is 460 g/mol. The molecule has 11 nitrogen and oxygen atoms in total. The van der Waals surface area contributed by atoms with Gasteiger partial charge in [0.25, 0.3) is 0 Å². The highest BCUT2D eigenvalue weighted by Crippen LogP contribution is 2.35. The molecule has 0 amide bonds. The molecule has 0 saturated carbocycles. The van der Waals surface area contributed by atoms with E-state index in [9.17, 15) is 4.79 Å². The number of fused-ring (bicyclic) bond motifs is 3. The largest absolute Gasteiger partial charge is 0.464 e. The summed E-state index contributed by atoms with van der Waals surface area (Å²) in [5, 5.41) is 6.33. The third-order valence-corrected chi connectivity index (χ3v) is 6.77. The molecule has 2 N–H and O–H groups in total. The van der Waals surface area contributed by atoms with Crippen LogP contribution in [0.1, 0.15) is 16.9 Å². The summed E-state index contributed by atoms with van der Waals surface area (Å²) in [5.74, 6) is 0.173. The van der Waals surface area contributed by atoms with Gasteiger partial charge in [-0.25, -0.2) is 19.7 Å². The highest BCUT2D eigenvalue weighted by Gasteiger charge is 2.38. The summed E-state index contributed by atoms with van der Waals surface area (Å²) in [4.78, 5) is 33.3. The van der Waals surface area contributed by atoms with E-state index in [0.717, 1.165) is 36.5 Å². The Hall–Kier alpha value is -4.25. The Morgan fingerprint density at radius 1 is 1.17 bits per heavy atom. The summed E-state index contributed by atoms with van der Waals surface area (Å²) in [7, 11) is 4.97. The van der Waals surface area contributed by atoms with Crippen LogP contribution in [-0.2, 0) is 16.5 Å². The number of aryl methyl sites for hydroxylation is 1. The lowest BCUT2D eigenvalue weighted by atomic mass is 10.1. The Kier molecular flexibility index (Phi) is 5.41. The first kappa shape index (κ1) is 22.2. The van der Waals surface area contributed by atoms with Gasteiger partial charge in [-0.2, -0.15) is 0 Å². The summed E-state index contributed by atoms with van der Waals surface area (Å²) >= 11 is 0. The number of imidazole rings is 1. The van der Waals surface area contributed by atoms with Crippen molar-refractivity contribution < 1.29 is 14.3 Å².